The van der Waals surface area contributed by atoms with Gasteiger partial charge in [-0.15, -0.1) is 0 Å². The molecule has 0 saturated carbocycles. The third kappa shape index (κ3) is 2.13. The molecule has 1 aromatic rings. The molecule has 16 heavy (non-hydrogen) atoms. The Balaban J connectivity index is 2.10. The number of nitrogens with two attached hydrogens (primary N) is 2. The van der Waals surface area contributed by atoms with Crippen LogP contribution in [0.4, 0.5) is 5.69 Å². The van der Waals surface area contributed by atoms with Gasteiger partial charge in [0.1, 0.15) is 5.71 Å². The van der Waals surface area contributed by atoms with Crippen molar-refractivity contribution in [1.82, 2.24) is 5.12 Å². The second-order valence-corrected chi connectivity index (χ2v) is 3.60. The Kier molecular flexibility index (Phi) is 3.04. The summed E-state index contributed by atoms with van der Waals surface area (Å²) in [7, 11) is 0. The van der Waals surface area contributed by atoms with Gasteiger partial charge in [0.25, 0.3) is 0 Å². The van der Waals surface area contributed by atoms with Crippen LogP contribution in [0.15, 0.2) is 34.5 Å². The lowest BCUT2D eigenvalue weighted by molar-refractivity contribution is 0.280. The molecule has 0 amide bonds. The van der Waals surface area contributed by atoms with Crippen molar-refractivity contribution in [2.45, 2.75) is 6.17 Å². The Morgan fingerprint density at radius 3 is 2.81 bits per heavy atom. The van der Waals surface area contributed by atoms with Crippen LogP contribution in [0.2, 0.25) is 5.02 Å². The molecule has 1 aromatic carbocycles. The number of rotatable bonds is 2. The molecule has 0 aliphatic carbocycles. The quantitative estimate of drug-likeness (QED) is 0.519. The number of hydrogen-bond acceptors (Lipinski definition) is 6. The third-order valence-electron chi connectivity index (χ3n) is 2.09. The fourth-order valence-corrected chi connectivity index (χ4v) is 1.36. The summed E-state index contributed by atoms with van der Waals surface area (Å²) in [4.78, 5) is 0. The second-order valence-electron chi connectivity index (χ2n) is 3.20. The Morgan fingerprint density at radius 2 is 2.19 bits per heavy atom. The molecule has 0 fully saturated rings. The first-order chi connectivity index (χ1) is 7.68. The molecule has 1 heterocycles. The maximum atomic E-state index is 5.94. The van der Waals surface area contributed by atoms with E-state index in [9.17, 15) is 0 Å². The molecule has 0 spiro atoms. The summed E-state index contributed by atoms with van der Waals surface area (Å²) in [5, 5.41) is 9.58. The molecule has 84 valence electrons. The van der Waals surface area contributed by atoms with Crippen molar-refractivity contribution >= 4 is 29.2 Å². The molecule has 0 radical (unpaired) electrons. The van der Waals surface area contributed by atoms with Crippen molar-refractivity contribution in [2.24, 2.45) is 21.8 Å². The summed E-state index contributed by atoms with van der Waals surface area (Å²) in [5.41, 5.74) is 9.75. The van der Waals surface area contributed by atoms with Crippen LogP contribution in [0.1, 0.15) is 0 Å². The lowest BCUT2D eigenvalue weighted by Gasteiger charge is -2.12. The van der Waals surface area contributed by atoms with Gasteiger partial charge in [0, 0.05) is 0 Å². The largest absolute Gasteiger partial charge is 0.303 e. The van der Waals surface area contributed by atoms with E-state index in [1.54, 1.807) is 6.07 Å². The minimum Gasteiger partial charge on any atom is -0.303 e. The van der Waals surface area contributed by atoms with Gasteiger partial charge in [0.05, 0.1) is 16.9 Å². The molecule has 2 rings (SSSR count). The van der Waals surface area contributed by atoms with E-state index >= 15 is 0 Å². The zero-order valence-electron chi connectivity index (χ0n) is 8.34. The van der Waals surface area contributed by atoms with Crippen molar-refractivity contribution < 1.29 is 0 Å². The molecule has 1 aliphatic rings. The number of benzene rings is 1. The molecular weight excluding hydrogens is 228 g/mol. The topological polar surface area (TPSA) is 92.0 Å². The minimum absolute atomic E-state index is 0.532. The van der Waals surface area contributed by atoms with Crippen molar-refractivity contribution in [2.75, 3.05) is 5.43 Å². The molecule has 6 nitrogen and oxygen atoms in total. The van der Waals surface area contributed by atoms with Crippen LogP contribution in [-0.4, -0.2) is 23.2 Å². The molecule has 0 saturated heterocycles. The number of hydrazone groups is 2. The standard InChI is InChI=1S/C9H11ClN6/c10-6-3-1-2-4-7(6)14-15-8-5-13-16(12)9(8)11/h1-5,9,14H,11-12H2. The predicted octanol–water partition coefficient (Wildman–Crippen LogP) is 0.568. The fourth-order valence-electron chi connectivity index (χ4n) is 1.18. The van der Waals surface area contributed by atoms with Gasteiger partial charge >= 0.3 is 0 Å². The number of para-hydroxylation sites is 1. The summed E-state index contributed by atoms with van der Waals surface area (Å²) in [5.74, 6) is 5.44. The van der Waals surface area contributed by atoms with Crippen LogP contribution in [0.5, 0.6) is 0 Å². The summed E-state index contributed by atoms with van der Waals surface area (Å²) in [6.07, 6.45) is 0.962. The zero-order chi connectivity index (χ0) is 11.5. The Bertz CT molecular complexity index is 443. The Hall–Kier alpha value is -1.63. The van der Waals surface area contributed by atoms with E-state index < -0.39 is 6.17 Å². The molecule has 1 aliphatic heterocycles. The Labute approximate surface area is 97.5 Å². The van der Waals surface area contributed by atoms with Gasteiger partial charge in [-0.3, -0.25) is 5.43 Å². The van der Waals surface area contributed by atoms with E-state index in [0.717, 1.165) is 5.12 Å². The number of nitrogens with zero attached hydrogens (tertiary/aromatic N) is 3. The van der Waals surface area contributed by atoms with Gasteiger partial charge in [-0.1, -0.05) is 23.7 Å². The first-order valence-electron chi connectivity index (χ1n) is 4.60. The van der Waals surface area contributed by atoms with Crippen LogP contribution in [-0.2, 0) is 0 Å². The molecule has 5 N–H and O–H groups in total. The smallest absolute Gasteiger partial charge is 0.157 e. The van der Waals surface area contributed by atoms with E-state index in [4.69, 9.17) is 23.2 Å². The van der Waals surface area contributed by atoms with E-state index in [1.165, 1.54) is 6.21 Å². The average molecular weight is 239 g/mol. The van der Waals surface area contributed by atoms with Crippen LogP contribution in [0, 0.1) is 0 Å². The monoisotopic (exact) mass is 238 g/mol. The van der Waals surface area contributed by atoms with E-state index in [2.05, 4.69) is 15.6 Å². The molecular formula is C9H11ClN6. The van der Waals surface area contributed by atoms with E-state index in [1.807, 2.05) is 18.2 Å². The van der Waals surface area contributed by atoms with Gasteiger partial charge in [-0.2, -0.15) is 10.2 Å². The molecule has 0 bridgehead atoms. The highest BCUT2D eigenvalue weighted by molar-refractivity contribution is 6.34. The lowest BCUT2D eigenvalue weighted by Crippen LogP contribution is -2.44. The number of hydrogen-bond donors (Lipinski definition) is 3. The highest BCUT2D eigenvalue weighted by Gasteiger charge is 2.20. The first kappa shape index (κ1) is 10.9. The van der Waals surface area contributed by atoms with Crippen LogP contribution < -0.4 is 17.0 Å². The van der Waals surface area contributed by atoms with Crippen LogP contribution in [0.25, 0.3) is 0 Å². The van der Waals surface area contributed by atoms with Crippen LogP contribution in [0.3, 0.4) is 0 Å². The number of anilines is 1. The third-order valence-corrected chi connectivity index (χ3v) is 2.42. The van der Waals surface area contributed by atoms with Gasteiger partial charge in [0.2, 0.25) is 0 Å². The SMILES string of the molecule is NC1C(=NNc2ccccc2Cl)C=NN1N. The normalized spacial score (nSPS) is 21.8. The van der Waals surface area contributed by atoms with Gasteiger partial charge in [0.15, 0.2) is 6.17 Å². The van der Waals surface area contributed by atoms with Crippen molar-refractivity contribution in [3.05, 3.63) is 29.3 Å². The maximum absolute atomic E-state index is 5.94. The number of halogens is 1. The maximum Gasteiger partial charge on any atom is 0.157 e. The highest BCUT2D eigenvalue weighted by Crippen LogP contribution is 2.20. The van der Waals surface area contributed by atoms with Crippen molar-refractivity contribution in [3.8, 4) is 0 Å². The summed E-state index contributed by atoms with van der Waals surface area (Å²) < 4.78 is 0. The van der Waals surface area contributed by atoms with Gasteiger partial charge in [-0.05, 0) is 12.1 Å². The number of nitrogens with one attached hydrogen (secondary N) is 1. The fraction of sp³-hybridized carbons (Fsp3) is 0.111. The average Bonchev–Trinajstić information content (AvgIpc) is 2.59. The van der Waals surface area contributed by atoms with E-state index in [0.29, 0.717) is 16.4 Å². The van der Waals surface area contributed by atoms with E-state index in [-0.39, 0.29) is 0 Å². The Morgan fingerprint density at radius 1 is 1.44 bits per heavy atom. The van der Waals surface area contributed by atoms with Gasteiger partial charge in [-0.25, -0.2) is 11.0 Å². The predicted molar refractivity (Wildman–Crippen MR) is 65.0 cm³/mol. The molecule has 1 unspecified atom stereocenters. The van der Waals surface area contributed by atoms with Crippen molar-refractivity contribution in [3.63, 3.8) is 0 Å². The summed E-state index contributed by atoms with van der Waals surface area (Å²) >= 11 is 5.94. The van der Waals surface area contributed by atoms with Gasteiger partial charge < -0.3 is 5.73 Å². The summed E-state index contributed by atoms with van der Waals surface area (Å²) in [6.45, 7) is 0. The van der Waals surface area contributed by atoms with Crippen molar-refractivity contribution in [1.29, 1.82) is 0 Å². The number of hydrazine groups is 1. The zero-order valence-corrected chi connectivity index (χ0v) is 9.09. The molecule has 7 heteroatoms. The molecule has 0 aromatic heterocycles. The highest BCUT2D eigenvalue weighted by atomic mass is 35.5. The molecule has 1 atom stereocenters. The lowest BCUT2D eigenvalue weighted by atomic mass is 10.3. The summed E-state index contributed by atoms with van der Waals surface area (Å²) in [6, 6.07) is 7.27. The first-order valence-corrected chi connectivity index (χ1v) is 4.98. The minimum atomic E-state index is -0.532. The second kappa shape index (κ2) is 4.48. The van der Waals surface area contributed by atoms with Crippen LogP contribution >= 0.6 is 11.6 Å².